The van der Waals surface area contributed by atoms with E-state index < -0.39 is 102 Å². The third-order valence-electron chi connectivity index (χ3n) is 9.53. The van der Waals surface area contributed by atoms with Crippen molar-refractivity contribution in [3.05, 3.63) is 65.0 Å². The summed E-state index contributed by atoms with van der Waals surface area (Å²) in [5, 5.41) is 0. The molecule has 3 aliphatic rings. The van der Waals surface area contributed by atoms with E-state index in [1.807, 2.05) is 0 Å². The van der Waals surface area contributed by atoms with Crippen molar-refractivity contribution in [2.24, 2.45) is 0 Å². The van der Waals surface area contributed by atoms with Gasteiger partial charge in [0, 0.05) is 38.0 Å². The van der Waals surface area contributed by atoms with Crippen molar-refractivity contribution in [3.8, 4) is 0 Å². The van der Waals surface area contributed by atoms with Crippen LogP contribution in [-0.2, 0) is 41.5 Å². The van der Waals surface area contributed by atoms with E-state index in [4.69, 9.17) is 0 Å². The molecule has 2 aliphatic heterocycles. The quantitative estimate of drug-likeness (QED) is 0.302. The SMILES string of the molecule is CS(=O)(=O)N1CCC(F)(C(=O)N2CC[C@]3(S(=O)(=O)c4ccc(F)cc4)c4ccc(C(F)(C(F)(F)F)C(F)(F)F)cc4CCC[C@H]23)CC1. The van der Waals surface area contributed by atoms with Gasteiger partial charge in [-0.15, -0.1) is 0 Å². The third kappa shape index (κ3) is 5.51. The van der Waals surface area contributed by atoms with Crippen LogP contribution in [-0.4, -0.2) is 81.9 Å². The molecule has 7 nitrogen and oxygen atoms in total. The van der Waals surface area contributed by atoms with Gasteiger partial charge in [-0.05, 0) is 61.1 Å². The van der Waals surface area contributed by atoms with Gasteiger partial charge in [0.25, 0.3) is 5.91 Å². The molecule has 0 unspecified atom stereocenters. The first-order chi connectivity index (χ1) is 21.5. The van der Waals surface area contributed by atoms with E-state index in [0.29, 0.717) is 12.1 Å². The van der Waals surface area contributed by atoms with Crippen molar-refractivity contribution < 1.29 is 61.1 Å². The number of carbonyl (C=O) groups is 1. The van der Waals surface area contributed by atoms with E-state index in [2.05, 4.69) is 0 Å². The molecule has 2 fully saturated rings. The number of fused-ring (bicyclic) bond motifs is 3. The van der Waals surface area contributed by atoms with Gasteiger partial charge in [-0.25, -0.2) is 34.3 Å². The summed E-state index contributed by atoms with van der Waals surface area (Å²) in [5.74, 6) is -1.95. The number of nitrogens with zero attached hydrogens (tertiary/aromatic N) is 2. The van der Waals surface area contributed by atoms with Gasteiger partial charge < -0.3 is 4.90 Å². The number of amides is 1. The maximum atomic E-state index is 16.3. The summed E-state index contributed by atoms with van der Waals surface area (Å²) in [6, 6.07) is 3.32. The molecule has 2 aromatic rings. The average molecular weight is 721 g/mol. The van der Waals surface area contributed by atoms with Crippen LogP contribution in [0.2, 0.25) is 0 Å². The summed E-state index contributed by atoms with van der Waals surface area (Å²) < 4.78 is 179. The minimum atomic E-state index is -6.43. The lowest BCUT2D eigenvalue weighted by atomic mass is 9.84. The highest BCUT2D eigenvalue weighted by molar-refractivity contribution is 7.92. The molecule has 0 N–H and O–H groups in total. The molecular formula is C29H29F9N2O5S2. The van der Waals surface area contributed by atoms with Crippen LogP contribution in [0, 0.1) is 5.82 Å². The van der Waals surface area contributed by atoms with Crippen molar-refractivity contribution >= 4 is 25.8 Å². The fourth-order valence-corrected chi connectivity index (χ4v) is 10.3. The summed E-state index contributed by atoms with van der Waals surface area (Å²) in [6.07, 6.45) is -14.1. The number of piperidine rings is 1. The summed E-state index contributed by atoms with van der Waals surface area (Å²) >= 11 is 0. The molecule has 0 bridgehead atoms. The lowest BCUT2D eigenvalue weighted by molar-refractivity contribution is -0.348. The first-order valence-electron chi connectivity index (χ1n) is 14.4. The maximum absolute atomic E-state index is 16.3. The highest BCUT2D eigenvalue weighted by atomic mass is 32.2. The van der Waals surface area contributed by atoms with Crippen LogP contribution in [0.25, 0.3) is 0 Å². The largest absolute Gasteiger partial charge is 0.435 e. The number of likely N-dealkylation sites (tertiary alicyclic amines) is 1. The standard InChI is InChI=1S/C29H29F9N2O5S2/c1-46(42,43)39-14-11-25(31,12-15-39)24(41)40-16-13-26(47(44,45)21-8-6-20(30)7-9-21)22-10-5-19(17-18(22)3-2-4-23(26)40)27(32,28(33,34)35)29(36,37)38/h5-10,17,23H,2-4,11-16H2,1H3/t23-,26-/m0/s1. The summed E-state index contributed by atoms with van der Waals surface area (Å²) in [5.41, 5.74) is -10.8. The molecule has 260 valence electrons. The normalized spacial score (nSPS) is 24.4. The van der Waals surface area contributed by atoms with Crippen LogP contribution in [0.15, 0.2) is 47.4 Å². The minimum Gasteiger partial charge on any atom is -0.335 e. The highest BCUT2D eigenvalue weighted by Gasteiger charge is 2.74. The Balaban J connectivity index is 1.66. The molecule has 2 saturated heterocycles. The van der Waals surface area contributed by atoms with Crippen LogP contribution in [0.1, 0.15) is 48.8 Å². The summed E-state index contributed by atoms with van der Waals surface area (Å²) in [6.45, 7) is -1.08. The van der Waals surface area contributed by atoms with Crippen molar-refractivity contribution in [1.82, 2.24) is 9.21 Å². The molecule has 2 heterocycles. The van der Waals surface area contributed by atoms with E-state index in [-0.39, 0.29) is 49.5 Å². The number of hydrogen-bond acceptors (Lipinski definition) is 5. The number of hydrogen-bond donors (Lipinski definition) is 0. The fourth-order valence-electron chi connectivity index (χ4n) is 7.13. The number of rotatable bonds is 5. The monoisotopic (exact) mass is 720 g/mol. The molecule has 0 aromatic heterocycles. The number of halogens is 9. The Hall–Kier alpha value is -2.86. The average Bonchev–Trinajstić information content (AvgIpc) is 3.27. The number of aryl methyl sites for hydroxylation is 1. The van der Waals surface area contributed by atoms with E-state index >= 15 is 8.78 Å². The Morgan fingerprint density at radius 2 is 1.43 bits per heavy atom. The van der Waals surface area contributed by atoms with Crippen molar-refractivity contribution in [2.45, 2.75) is 77.9 Å². The Labute approximate surface area is 264 Å². The van der Waals surface area contributed by atoms with E-state index in [1.54, 1.807) is 0 Å². The van der Waals surface area contributed by atoms with Crippen LogP contribution >= 0.6 is 0 Å². The molecule has 0 spiro atoms. The summed E-state index contributed by atoms with van der Waals surface area (Å²) in [7, 11) is -8.48. The Bertz CT molecular complexity index is 1760. The number of benzene rings is 2. The lowest BCUT2D eigenvalue weighted by Gasteiger charge is -2.41. The maximum Gasteiger partial charge on any atom is 0.435 e. The highest BCUT2D eigenvalue weighted by Crippen LogP contribution is 2.56. The van der Waals surface area contributed by atoms with Crippen molar-refractivity contribution in [3.63, 3.8) is 0 Å². The van der Waals surface area contributed by atoms with Crippen LogP contribution in [0.5, 0.6) is 0 Å². The second-order valence-corrected chi connectivity index (χ2v) is 16.3. The van der Waals surface area contributed by atoms with E-state index in [1.165, 1.54) is 0 Å². The van der Waals surface area contributed by atoms with Gasteiger partial charge in [0.2, 0.25) is 10.0 Å². The lowest BCUT2D eigenvalue weighted by Crippen LogP contribution is -2.56. The zero-order chi connectivity index (χ0) is 35.0. The summed E-state index contributed by atoms with van der Waals surface area (Å²) in [4.78, 5) is 14.4. The molecule has 18 heteroatoms. The minimum absolute atomic E-state index is 0.0932. The van der Waals surface area contributed by atoms with Gasteiger partial charge in [-0.2, -0.15) is 26.3 Å². The van der Waals surface area contributed by atoms with E-state index in [9.17, 15) is 52.4 Å². The molecular weight excluding hydrogens is 691 g/mol. The molecule has 47 heavy (non-hydrogen) atoms. The smallest absolute Gasteiger partial charge is 0.335 e. The molecule has 2 atom stereocenters. The van der Waals surface area contributed by atoms with E-state index in [0.717, 1.165) is 39.7 Å². The molecule has 1 aliphatic carbocycles. The zero-order valence-electron chi connectivity index (χ0n) is 24.6. The van der Waals surface area contributed by atoms with Gasteiger partial charge in [0.05, 0.1) is 17.2 Å². The van der Waals surface area contributed by atoms with Crippen LogP contribution in [0.4, 0.5) is 39.5 Å². The number of carbonyl (C=O) groups excluding carboxylic acids is 1. The molecule has 2 aromatic carbocycles. The molecule has 1 amide bonds. The Kier molecular flexibility index (Phi) is 8.56. The van der Waals surface area contributed by atoms with Gasteiger partial charge >= 0.3 is 18.0 Å². The third-order valence-corrected chi connectivity index (χ3v) is 13.4. The Morgan fingerprint density at radius 1 is 0.851 bits per heavy atom. The molecule has 0 saturated carbocycles. The first kappa shape index (κ1) is 35.4. The zero-order valence-corrected chi connectivity index (χ0v) is 26.3. The first-order valence-corrected chi connectivity index (χ1v) is 17.8. The molecule has 0 radical (unpaired) electrons. The van der Waals surface area contributed by atoms with Gasteiger partial charge in [0.1, 0.15) is 10.6 Å². The van der Waals surface area contributed by atoms with Gasteiger partial charge in [0.15, 0.2) is 15.5 Å². The van der Waals surface area contributed by atoms with Crippen molar-refractivity contribution in [2.75, 3.05) is 25.9 Å². The fraction of sp³-hybridized carbons (Fsp3) is 0.552. The second kappa shape index (κ2) is 11.4. The number of sulfone groups is 1. The predicted octanol–water partition coefficient (Wildman–Crippen LogP) is 5.49. The number of sulfonamides is 1. The Morgan fingerprint density at radius 3 is 1.96 bits per heavy atom. The predicted molar refractivity (Wildman–Crippen MR) is 149 cm³/mol. The van der Waals surface area contributed by atoms with Gasteiger partial charge in [-0.3, -0.25) is 4.79 Å². The van der Waals surface area contributed by atoms with Crippen molar-refractivity contribution in [1.29, 1.82) is 0 Å². The van der Waals surface area contributed by atoms with Crippen LogP contribution < -0.4 is 0 Å². The van der Waals surface area contributed by atoms with Gasteiger partial charge in [-0.1, -0.05) is 18.2 Å². The molecule has 5 rings (SSSR count). The number of alkyl halides is 8. The topological polar surface area (TPSA) is 91.8 Å². The second-order valence-electron chi connectivity index (χ2n) is 12.2. The van der Waals surface area contributed by atoms with Crippen LogP contribution in [0.3, 0.4) is 0 Å².